The number of benzene rings is 1. The number of nitrogens with zero attached hydrogens (tertiary/aromatic N) is 1. The Bertz CT molecular complexity index is 409. The number of piperidine rings is 1. The van der Waals surface area contributed by atoms with Crippen molar-refractivity contribution in [2.24, 2.45) is 5.92 Å². The van der Waals surface area contributed by atoms with E-state index in [1.165, 1.54) is 12.8 Å². The lowest BCUT2D eigenvalue weighted by molar-refractivity contribution is 0.00489. The molecule has 0 amide bonds. The molecule has 3 nitrogen and oxygen atoms in total. The molecule has 106 valence electrons. The van der Waals surface area contributed by atoms with E-state index < -0.39 is 5.60 Å². The van der Waals surface area contributed by atoms with Gasteiger partial charge in [-0.05, 0) is 44.8 Å². The van der Waals surface area contributed by atoms with Gasteiger partial charge in [0.05, 0.1) is 7.11 Å². The Labute approximate surface area is 116 Å². The van der Waals surface area contributed by atoms with E-state index in [1.807, 2.05) is 31.2 Å². The maximum atomic E-state index is 10.8. The Hall–Kier alpha value is -1.06. The van der Waals surface area contributed by atoms with Crippen molar-refractivity contribution in [1.29, 1.82) is 0 Å². The number of hydrogen-bond acceptors (Lipinski definition) is 3. The second kappa shape index (κ2) is 5.93. The van der Waals surface area contributed by atoms with Gasteiger partial charge in [-0.1, -0.05) is 25.1 Å². The van der Waals surface area contributed by atoms with Crippen molar-refractivity contribution in [3.63, 3.8) is 0 Å². The third-order valence-electron chi connectivity index (χ3n) is 4.09. The minimum atomic E-state index is -0.868. The highest BCUT2D eigenvalue weighted by atomic mass is 16.5. The van der Waals surface area contributed by atoms with E-state index in [2.05, 4.69) is 11.8 Å². The van der Waals surface area contributed by atoms with E-state index in [4.69, 9.17) is 4.74 Å². The summed E-state index contributed by atoms with van der Waals surface area (Å²) < 4.78 is 5.36. The molecule has 1 N–H and O–H groups in total. The summed E-state index contributed by atoms with van der Waals surface area (Å²) in [6.45, 7) is 7.00. The van der Waals surface area contributed by atoms with Gasteiger partial charge in [0.1, 0.15) is 11.4 Å². The van der Waals surface area contributed by atoms with Crippen molar-refractivity contribution in [3.05, 3.63) is 29.8 Å². The highest BCUT2D eigenvalue weighted by molar-refractivity contribution is 5.37. The second-order valence-electron chi connectivity index (χ2n) is 5.93. The van der Waals surface area contributed by atoms with Gasteiger partial charge in [-0.2, -0.15) is 0 Å². The first kappa shape index (κ1) is 14.4. The molecule has 1 aliphatic heterocycles. The number of para-hydroxylation sites is 1. The minimum absolute atomic E-state index is 0.667. The van der Waals surface area contributed by atoms with Gasteiger partial charge in [-0.3, -0.25) is 0 Å². The molecule has 1 unspecified atom stereocenters. The first-order chi connectivity index (χ1) is 9.03. The van der Waals surface area contributed by atoms with Crippen molar-refractivity contribution in [3.8, 4) is 5.75 Å². The third-order valence-corrected chi connectivity index (χ3v) is 4.09. The maximum absolute atomic E-state index is 10.8. The fraction of sp³-hybridized carbons (Fsp3) is 0.625. The zero-order valence-corrected chi connectivity index (χ0v) is 12.2. The van der Waals surface area contributed by atoms with Gasteiger partial charge in [0.15, 0.2) is 0 Å². The molecule has 3 heteroatoms. The van der Waals surface area contributed by atoms with Gasteiger partial charge in [-0.15, -0.1) is 0 Å². The van der Waals surface area contributed by atoms with Crippen molar-refractivity contribution >= 4 is 0 Å². The van der Waals surface area contributed by atoms with Gasteiger partial charge in [0.25, 0.3) is 0 Å². The van der Waals surface area contributed by atoms with Crippen molar-refractivity contribution in [2.75, 3.05) is 26.7 Å². The monoisotopic (exact) mass is 263 g/mol. The van der Waals surface area contributed by atoms with Crippen LogP contribution in [0.15, 0.2) is 24.3 Å². The summed E-state index contributed by atoms with van der Waals surface area (Å²) in [6, 6.07) is 7.74. The van der Waals surface area contributed by atoms with Gasteiger partial charge in [0.2, 0.25) is 0 Å². The maximum Gasteiger partial charge on any atom is 0.124 e. The van der Waals surface area contributed by atoms with Gasteiger partial charge < -0.3 is 14.7 Å². The lowest BCUT2D eigenvalue weighted by Crippen LogP contribution is -2.42. The van der Waals surface area contributed by atoms with Crippen LogP contribution >= 0.6 is 0 Å². The predicted octanol–water partition coefficient (Wildman–Crippen LogP) is 2.63. The van der Waals surface area contributed by atoms with Crippen LogP contribution in [-0.2, 0) is 5.60 Å². The first-order valence-corrected chi connectivity index (χ1v) is 7.11. The van der Waals surface area contributed by atoms with Gasteiger partial charge in [-0.25, -0.2) is 0 Å². The van der Waals surface area contributed by atoms with Crippen molar-refractivity contribution in [2.45, 2.75) is 32.3 Å². The summed E-state index contributed by atoms with van der Waals surface area (Å²) in [4.78, 5) is 2.35. The SMILES string of the molecule is COc1ccccc1C(C)(O)CN1CCC(C)CC1. The smallest absolute Gasteiger partial charge is 0.124 e. The number of β-amino-alcohol motifs (C(OH)–C–C–N with tert-alkyl or cyclic N) is 1. The fourth-order valence-electron chi connectivity index (χ4n) is 2.83. The minimum Gasteiger partial charge on any atom is -0.496 e. The summed E-state index contributed by atoms with van der Waals surface area (Å²) in [6.07, 6.45) is 2.45. The van der Waals surface area contributed by atoms with E-state index in [0.717, 1.165) is 30.3 Å². The molecule has 0 aliphatic carbocycles. The van der Waals surface area contributed by atoms with Crippen molar-refractivity contribution in [1.82, 2.24) is 4.90 Å². The first-order valence-electron chi connectivity index (χ1n) is 7.11. The fourth-order valence-corrected chi connectivity index (χ4v) is 2.83. The molecule has 0 spiro atoms. The molecule has 1 saturated heterocycles. The summed E-state index contributed by atoms with van der Waals surface area (Å²) in [7, 11) is 1.65. The molecule has 0 radical (unpaired) electrons. The van der Waals surface area contributed by atoms with Crippen LogP contribution in [0.25, 0.3) is 0 Å². The molecular formula is C16H25NO2. The second-order valence-corrected chi connectivity index (χ2v) is 5.93. The standard InChI is InChI=1S/C16H25NO2/c1-13-8-10-17(11-9-13)12-16(2,18)14-6-4-5-7-15(14)19-3/h4-7,13,18H,8-12H2,1-3H3. The lowest BCUT2D eigenvalue weighted by Gasteiger charge is -2.36. The predicted molar refractivity (Wildman–Crippen MR) is 77.4 cm³/mol. The van der Waals surface area contributed by atoms with E-state index in [0.29, 0.717) is 6.54 Å². The molecule has 1 aromatic carbocycles. The highest BCUT2D eigenvalue weighted by Crippen LogP contribution is 2.31. The van der Waals surface area contributed by atoms with E-state index in [1.54, 1.807) is 7.11 Å². The largest absolute Gasteiger partial charge is 0.496 e. The van der Waals surface area contributed by atoms with Crippen molar-refractivity contribution < 1.29 is 9.84 Å². The molecule has 0 aromatic heterocycles. The molecular weight excluding hydrogens is 238 g/mol. The number of aliphatic hydroxyl groups is 1. The molecule has 1 aromatic rings. The number of methoxy groups -OCH3 is 1. The average molecular weight is 263 g/mol. The van der Waals surface area contributed by atoms with Crippen LogP contribution in [0.2, 0.25) is 0 Å². The Morgan fingerprint density at radius 1 is 1.32 bits per heavy atom. The molecule has 0 bridgehead atoms. The van der Waals surface area contributed by atoms with Crippen LogP contribution < -0.4 is 4.74 Å². The normalized spacial score (nSPS) is 21.1. The zero-order valence-electron chi connectivity index (χ0n) is 12.2. The summed E-state index contributed by atoms with van der Waals surface area (Å²) in [5.74, 6) is 1.57. The van der Waals surface area contributed by atoms with Crippen LogP contribution in [0.5, 0.6) is 5.75 Å². The highest BCUT2D eigenvalue weighted by Gasteiger charge is 2.30. The topological polar surface area (TPSA) is 32.7 Å². The number of rotatable bonds is 4. The summed E-state index contributed by atoms with van der Waals surface area (Å²) >= 11 is 0. The Kier molecular flexibility index (Phi) is 4.48. The Morgan fingerprint density at radius 2 is 1.95 bits per heavy atom. The molecule has 2 rings (SSSR count). The van der Waals surface area contributed by atoms with E-state index in [-0.39, 0.29) is 0 Å². The Morgan fingerprint density at radius 3 is 2.58 bits per heavy atom. The average Bonchev–Trinajstić information content (AvgIpc) is 2.41. The van der Waals surface area contributed by atoms with E-state index >= 15 is 0 Å². The van der Waals surface area contributed by atoms with Gasteiger partial charge >= 0.3 is 0 Å². The molecule has 19 heavy (non-hydrogen) atoms. The number of ether oxygens (including phenoxy) is 1. The molecule has 1 atom stereocenters. The third kappa shape index (κ3) is 3.48. The number of likely N-dealkylation sites (tertiary alicyclic amines) is 1. The Balaban J connectivity index is 2.09. The van der Waals surface area contributed by atoms with E-state index in [9.17, 15) is 5.11 Å². The van der Waals surface area contributed by atoms with Gasteiger partial charge in [0, 0.05) is 12.1 Å². The molecule has 1 heterocycles. The summed E-state index contributed by atoms with van der Waals surface area (Å²) in [5.41, 5.74) is 0.00353. The quantitative estimate of drug-likeness (QED) is 0.906. The number of hydrogen-bond donors (Lipinski definition) is 1. The van der Waals surface area contributed by atoms with Crippen LogP contribution in [0.3, 0.4) is 0 Å². The molecule has 0 saturated carbocycles. The summed E-state index contributed by atoms with van der Waals surface area (Å²) in [5, 5.41) is 10.8. The van der Waals surface area contributed by atoms with Crippen LogP contribution in [0.4, 0.5) is 0 Å². The molecule has 1 fully saturated rings. The van der Waals surface area contributed by atoms with Crippen LogP contribution in [-0.4, -0.2) is 36.8 Å². The lowest BCUT2D eigenvalue weighted by atomic mass is 9.92. The van der Waals surface area contributed by atoms with Crippen LogP contribution in [0, 0.1) is 5.92 Å². The molecule has 1 aliphatic rings. The zero-order chi connectivity index (χ0) is 13.9. The van der Waals surface area contributed by atoms with Crippen LogP contribution in [0.1, 0.15) is 32.3 Å².